The van der Waals surface area contributed by atoms with E-state index in [1.165, 1.54) is 4.90 Å². The number of fused-ring (bicyclic) bond motifs is 2. The summed E-state index contributed by atoms with van der Waals surface area (Å²) < 4.78 is 38.1. The SMILES string of the molecule is C[C@@H]1c2nc(Nc3cc4c(C(C)(C)N)cnc(O[C@H]5C[C@@H](C(=O)N6CC(F)(F)C6)C5)c4cn3)ccc2C(=O)OC1(C)C. The third-order valence-electron chi connectivity index (χ3n) is 8.52. The van der Waals surface area contributed by atoms with Gasteiger partial charge in [-0.25, -0.2) is 28.5 Å². The number of esters is 1. The van der Waals surface area contributed by atoms with Crippen LogP contribution in [-0.2, 0) is 15.1 Å². The van der Waals surface area contributed by atoms with E-state index in [-0.39, 0.29) is 23.8 Å². The van der Waals surface area contributed by atoms with Crippen molar-refractivity contribution < 1.29 is 27.8 Å². The van der Waals surface area contributed by atoms with Crippen LogP contribution in [0.2, 0.25) is 0 Å². The third kappa shape index (κ3) is 5.01. The smallest absolute Gasteiger partial charge is 0.340 e. The van der Waals surface area contributed by atoms with Gasteiger partial charge in [0.05, 0.1) is 29.7 Å². The van der Waals surface area contributed by atoms with Crippen LogP contribution in [0, 0.1) is 5.92 Å². The fraction of sp³-hybridized carbons (Fsp3) is 0.500. The normalized spacial score (nSPS) is 24.2. The predicted octanol–water partition coefficient (Wildman–Crippen LogP) is 4.65. The highest BCUT2D eigenvalue weighted by Crippen LogP contribution is 2.40. The van der Waals surface area contributed by atoms with Gasteiger partial charge in [-0.1, -0.05) is 6.92 Å². The molecule has 2 aliphatic heterocycles. The summed E-state index contributed by atoms with van der Waals surface area (Å²) in [5.74, 6) is -2.45. The zero-order valence-electron chi connectivity index (χ0n) is 24.2. The fourth-order valence-electron chi connectivity index (χ4n) is 5.62. The zero-order valence-corrected chi connectivity index (χ0v) is 24.2. The molecule has 222 valence electrons. The Kier molecular flexibility index (Phi) is 6.41. The van der Waals surface area contributed by atoms with Crippen molar-refractivity contribution >= 4 is 34.3 Å². The number of aromatic nitrogens is 3. The lowest BCUT2D eigenvalue weighted by atomic mass is 9.80. The van der Waals surface area contributed by atoms with Gasteiger partial charge in [-0.05, 0) is 69.7 Å². The van der Waals surface area contributed by atoms with Crippen molar-refractivity contribution in [3.63, 3.8) is 0 Å². The van der Waals surface area contributed by atoms with Crippen molar-refractivity contribution in [3.8, 4) is 5.88 Å². The summed E-state index contributed by atoms with van der Waals surface area (Å²) >= 11 is 0. The Morgan fingerprint density at radius 3 is 2.52 bits per heavy atom. The quantitative estimate of drug-likeness (QED) is 0.400. The summed E-state index contributed by atoms with van der Waals surface area (Å²) in [4.78, 5) is 40.0. The van der Waals surface area contributed by atoms with Gasteiger partial charge in [0.2, 0.25) is 11.8 Å². The number of nitrogens with zero attached hydrogens (tertiary/aromatic N) is 4. The molecule has 1 saturated carbocycles. The first-order chi connectivity index (χ1) is 19.6. The number of amides is 1. The summed E-state index contributed by atoms with van der Waals surface area (Å²) in [5.41, 5.74) is 6.97. The lowest BCUT2D eigenvalue weighted by Gasteiger charge is -2.43. The van der Waals surface area contributed by atoms with E-state index in [1.54, 1.807) is 24.5 Å². The van der Waals surface area contributed by atoms with E-state index in [1.807, 2.05) is 40.7 Å². The van der Waals surface area contributed by atoms with E-state index in [0.717, 1.165) is 10.9 Å². The van der Waals surface area contributed by atoms with E-state index in [9.17, 15) is 18.4 Å². The van der Waals surface area contributed by atoms with Gasteiger partial charge in [-0.2, -0.15) is 0 Å². The molecule has 12 heteroatoms. The monoisotopic (exact) mass is 580 g/mol. The van der Waals surface area contributed by atoms with E-state index in [0.29, 0.717) is 47.0 Å². The number of carbonyl (C=O) groups excluding carboxylic acids is 2. The van der Waals surface area contributed by atoms with Crippen LogP contribution < -0.4 is 15.8 Å². The van der Waals surface area contributed by atoms with Crippen LogP contribution in [0.15, 0.2) is 30.6 Å². The highest BCUT2D eigenvalue weighted by atomic mass is 19.3. The molecule has 42 heavy (non-hydrogen) atoms. The molecule has 3 N–H and O–H groups in total. The van der Waals surface area contributed by atoms with Crippen molar-refractivity contribution in [2.24, 2.45) is 11.7 Å². The van der Waals surface area contributed by atoms with Crippen LogP contribution in [0.3, 0.4) is 0 Å². The van der Waals surface area contributed by atoms with Crippen LogP contribution in [0.5, 0.6) is 5.88 Å². The molecule has 10 nitrogen and oxygen atoms in total. The second-order valence-corrected chi connectivity index (χ2v) is 12.7. The standard InChI is InChI=1S/C30H34F2N6O4/c1-15-24-18(27(40)42-29(15,4)5)6-7-22(37-24)36-23-10-19-20(11-34-23)25(35-12-21(19)28(2,3)33)41-17-8-16(9-17)26(39)38-13-30(31,32)14-38/h6-7,10-12,15-17H,8-9,13-14,33H2,1-5H3,(H,34,36,37)/t15-,16-,17+/m1/s1. The highest BCUT2D eigenvalue weighted by Gasteiger charge is 2.50. The van der Waals surface area contributed by atoms with Crippen molar-refractivity contribution in [1.29, 1.82) is 0 Å². The number of nitrogens with two attached hydrogens (primary N) is 1. The number of halogens is 2. The van der Waals surface area contributed by atoms with Gasteiger partial charge >= 0.3 is 5.97 Å². The molecule has 0 radical (unpaired) electrons. The number of carbonyl (C=O) groups is 2. The number of rotatable bonds is 6. The maximum absolute atomic E-state index is 13.2. The molecule has 0 bridgehead atoms. The molecule has 1 atom stereocenters. The predicted molar refractivity (Wildman–Crippen MR) is 151 cm³/mol. The van der Waals surface area contributed by atoms with Crippen molar-refractivity contribution in [3.05, 3.63) is 47.4 Å². The number of alkyl halides is 2. The molecule has 3 aromatic rings. The summed E-state index contributed by atoms with van der Waals surface area (Å²) in [6.45, 7) is 8.45. The van der Waals surface area contributed by atoms with Crippen LogP contribution in [-0.4, -0.2) is 62.4 Å². The lowest BCUT2D eigenvalue weighted by Crippen LogP contribution is -2.61. The van der Waals surface area contributed by atoms with Gasteiger partial charge in [0.15, 0.2) is 0 Å². The first-order valence-electron chi connectivity index (χ1n) is 14.0. The summed E-state index contributed by atoms with van der Waals surface area (Å²) in [5, 5.41) is 4.69. The molecular weight excluding hydrogens is 546 g/mol. The molecule has 1 amide bonds. The topological polar surface area (TPSA) is 133 Å². The number of hydrogen-bond donors (Lipinski definition) is 2. The number of anilines is 2. The third-order valence-corrected chi connectivity index (χ3v) is 8.52. The lowest BCUT2D eigenvalue weighted by molar-refractivity contribution is -0.174. The number of likely N-dealkylation sites (tertiary alicyclic amines) is 1. The average Bonchev–Trinajstić information content (AvgIpc) is 2.86. The number of hydrogen-bond acceptors (Lipinski definition) is 9. The van der Waals surface area contributed by atoms with E-state index >= 15 is 0 Å². The minimum Gasteiger partial charge on any atom is -0.474 e. The molecule has 6 rings (SSSR count). The Bertz CT molecular complexity index is 1590. The van der Waals surface area contributed by atoms with Gasteiger partial charge < -0.3 is 25.4 Å². The number of ether oxygens (including phenoxy) is 2. The summed E-state index contributed by atoms with van der Waals surface area (Å²) in [7, 11) is 0. The molecule has 3 aliphatic rings. The number of pyridine rings is 3. The maximum atomic E-state index is 13.2. The molecule has 3 aromatic heterocycles. The Balaban J connectivity index is 1.23. The summed E-state index contributed by atoms with van der Waals surface area (Å²) in [6.07, 6.45) is 3.95. The second kappa shape index (κ2) is 9.55. The molecule has 0 aromatic carbocycles. The maximum Gasteiger partial charge on any atom is 0.340 e. The Morgan fingerprint density at radius 2 is 1.86 bits per heavy atom. The Hall–Kier alpha value is -3.93. The summed E-state index contributed by atoms with van der Waals surface area (Å²) in [6, 6.07) is 5.27. The van der Waals surface area contributed by atoms with Gasteiger partial charge in [-0.3, -0.25) is 4.79 Å². The fourth-order valence-corrected chi connectivity index (χ4v) is 5.62. The molecule has 2 fully saturated rings. The van der Waals surface area contributed by atoms with Crippen molar-refractivity contribution in [2.45, 2.75) is 76.5 Å². The Morgan fingerprint density at radius 1 is 1.14 bits per heavy atom. The van der Waals surface area contributed by atoms with E-state index < -0.39 is 36.1 Å². The molecule has 1 saturated heterocycles. The van der Waals surface area contributed by atoms with Crippen molar-refractivity contribution in [2.75, 3.05) is 18.4 Å². The molecular formula is C30H34F2N6O4. The molecule has 5 heterocycles. The Labute approximate surface area is 242 Å². The van der Waals surface area contributed by atoms with Gasteiger partial charge in [-0.15, -0.1) is 0 Å². The largest absolute Gasteiger partial charge is 0.474 e. The number of nitrogens with one attached hydrogen (secondary N) is 1. The van der Waals surface area contributed by atoms with Crippen LogP contribution >= 0.6 is 0 Å². The zero-order chi connectivity index (χ0) is 30.2. The minimum absolute atomic E-state index is 0.111. The first-order valence-corrected chi connectivity index (χ1v) is 14.0. The second-order valence-electron chi connectivity index (χ2n) is 12.7. The molecule has 1 aliphatic carbocycles. The van der Waals surface area contributed by atoms with E-state index in [2.05, 4.69) is 15.3 Å². The van der Waals surface area contributed by atoms with Crippen LogP contribution in [0.1, 0.15) is 75.0 Å². The first kappa shape index (κ1) is 28.2. The average molecular weight is 581 g/mol. The highest BCUT2D eigenvalue weighted by molar-refractivity contribution is 5.93. The minimum atomic E-state index is -2.78. The molecule has 0 unspecified atom stereocenters. The van der Waals surface area contributed by atoms with Crippen LogP contribution in [0.25, 0.3) is 10.8 Å². The van der Waals surface area contributed by atoms with Gasteiger partial charge in [0.1, 0.15) is 23.3 Å². The van der Waals surface area contributed by atoms with Gasteiger partial charge in [0, 0.05) is 29.8 Å². The van der Waals surface area contributed by atoms with E-state index in [4.69, 9.17) is 20.2 Å². The molecule has 0 spiro atoms. The van der Waals surface area contributed by atoms with Crippen LogP contribution in [0.4, 0.5) is 20.4 Å². The van der Waals surface area contributed by atoms with Gasteiger partial charge in [0.25, 0.3) is 5.92 Å². The van der Waals surface area contributed by atoms with Crippen molar-refractivity contribution in [1.82, 2.24) is 19.9 Å². The number of cyclic esters (lactones) is 1.